The highest BCUT2D eigenvalue weighted by atomic mass is 32.2. The van der Waals surface area contributed by atoms with Gasteiger partial charge in [0.15, 0.2) is 4.34 Å². The summed E-state index contributed by atoms with van der Waals surface area (Å²) < 4.78 is 5.89. The highest BCUT2D eigenvalue weighted by Crippen LogP contribution is 2.28. The Morgan fingerprint density at radius 2 is 2.08 bits per heavy atom. The van der Waals surface area contributed by atoms with Crippen LogP contribution in [0.15, 0.2) is 28.6 Å². The molecule has 2 rings (SSSR count). The van der Waals surface area contributed by atoms with Gasteiger partial charge in [0.2, 0.25) is 11.0 Å². The van der Waals surface area contributed by atoms with E-state index in [0.717, 1.165) is 28.6 Å². The molecule has 2 N–H and O–H groups in total. The molecule has 0 spiro atoms. The Bertz CT molecular complexity index is 646. The number of rotatable bonds is 9. The van der Waals surface area contributed by atoms with Crippen LogP contribution in [0.2, 0.25) is 0 Å². The number of hydrogen-bond acceptors (Lipinski definition) is 7. The van der Waals surface area contributed by atoms with Gasteiger partial charge < -0.3 is 15.4 Å². The van der Waals surface area contributed by atoms with Crippen LogP contribution in [0.5, 0.6) is 5.75 Å². The molecule has 6 nitrogen and oxygen atoms in total. The molecule has 0 aliphatic carbocycles. The highest BCUT2D eigenvalue weighted by Gasteiger charge is 2.10. The Hall–Kier alpha value is -1.80. The summed E-state index contributed by atoms with van der Waals surface area (Å²) in [5, 5.41) is 15.1. The number of hydrogen-bond donors (Lipinski definition) is 2. The number of benzene rings is 1. The van der Waals surface area contributed by atoms with Crippen molar-refractivity contribution in [3.8, 4) is 5.75 Å². The van der Waals surface area contributed by atoms with Crippen LogP contribution in [0.4, 0.5) is 10.8 Å². The molecule has 0 saturated heterocycles. The fourth-order valence-corrected chi connectivity index (χ4v) is 3.65. The van der Waals surface area contributed by atoms with Crippen molar-refractivity contribution in [2.45, 2.75) is 37.1 Å². The van der Waals surface area contributed by atoms with Gasteiger partial charge >= 0.3 is 0 Å². The van der Waals surface area contributed by atoms with Crippen LogP contribution in [0.1, 0.15) is 26.7 Å². The third-order valence-electron chi connectivity index (χ3n) is 3.20. The maximum atomic E-state index is 11.9. The van der Waals surface area contributed by atoms with E-state index in [9.17, 15) is 4.79 Å². The van der Waals surface area contributed by atoms with E-state index >= 15 is 0 Å². The van der Waals surface area contributed by atoms with E-state index in [1.54, 1.807) is 7.11 Å². The van der Waals surface area contributed by atoms with E-state index in [1.807, 2.05) is 31.2 Å². The predicted octanol–water partition coefficient (Wildman–Crippen LogP) is 3.69. The van der Waals surface area contributed by atoms with Gasteiger partial charge in [-0.15, -0.1) is 10.2 Å². The van der Waals surface area contributed by atoms with Crippen LogP contribution in [-0.2, 0) is 4.79 Å². The van der Waals surface area contributed by atoms with Crippen LogP contribution in [0.25, 0.3) is 0 Å². The Morgan fingerprint density at radius 1 is 1.33 bits per heavy atom. The minimum atomic E-state index is 0.0285. The summed E-state index contributed by atoms with van der Waals surface area (Å²) >= 11 is 2.83. The van der Waals surface area contributed by atoms with Crippen LogP contribution in [0.3, 0.4) is 0 Å². The summed E-state index contributed by atoms with van der Waals surface area (Å²) in [6, 6.07) is 7.79. The normalized spacial score (nSPS) is 11.8. The Balaban J connectivity index is 1.81. The van der Waals surface area contributed by atoms with Crippen molar-refractivity contribution in [1.82, 2.24) is 15.5 Å². The Kier molecular flexibility index (Phi) is 7.33. The summed E-state index contributed by atoms with van der Waals surface area (Å²) in [5.74, 6) is 1.18. The lowest BCUT2D eigenvalue weighted by atomic mass is 10.2. The van der Waals surface area contributed by atoms with Gasteiger partial charge in [-0.1, -0.05) is 36.4 Å². The molecule has 2 aromatic rings. The SMILES string of the molecule is CCCC(C)NC(=O)CSc1nnc(Nc2ccc(OC)cc2)s1. The summed E-state index contributed by atoms with van der Waals surface area (Å²) in [6.07, 6.45) is 2.05. The number of thioether (sulfide) groups is 1. The molecule has 0 bridgehead atoms. The molecule has 24 heavy (non-hydrogen) atoms. The van der Waals surface area contributed by atoms with Crippen molar-refractivity contribution in [2.75, 3.05) is 18.2 Å². The van der Waals surface area contributed by atoms with Gasteiger partial charge in [-0.3, -0.25) is 4.79 Å². The molecule has 1 aromatic heterocycles. The predicted molar refractivity (Wildman–Crippen MR) is 99.4 cm³/mol. The third kappa shape index (κ3) is 6.01. The largest absolute Gasteiger partial charge is 0.497 e. The second kappa shape index (κ2) is 9.48. The number of ether oxygens (including phenoxy) is 1. The molecule has 0 aliphatic heterocycles. The molecule has 0 radical (unpaired) electrons. The van der Waals surface area contributed by atoms with Gasteiger partial charge in [-0.2, -0.15) is 0 Å². The van der Waals surface area contributed by atoms with Gasteiger partial charge in [-0.05, 0) is 37.6 Å². The lowest BCUT2D eigenvalue weighted by Crippen LogP contribution is -2.33. The van der Waals surface area contributed by atoms with Gasteiger partial charge in [-0.25, -0.2) is 0 Å². The molecule has 8 heteroatoms. The first kappa shape index (κ1) is 18.5. The fraction of sp³-hybridized carbons (Fsp3) is 0.438. The second-order valence-electron chi connectivity index (χ2n) is 5.27. The van der Waals surface area contributed by atoms with Crippen molar-refractivity contribution < 1.29 is 9.53 Å². The second-order valence-corrected chi connectivity index (χ2v) is 7.47. The summed E-state index contributed by atoms with van der Waals surface area (Å²) in [7, 11) is 1.63. The lowest BCUT2D eigenvalue weighted by Gasteiger charge is -2.11. The molecule has 130 valence electrons. The maximum absolute atomic E-state index is 11.9. The topological polar surface area (TPSA) is 76.1 Å². The lowest BCUT2D eigenvalue weighted by molar-refractivity contribution is -0.119. The number of nitrogens with zero attached hydrogens (tertiary/aromatic N) is 2. The standard InChI is InChI=1S/C16H22N4O2S2/c1-4-5-11(2)17-14(21)10-23-16-20-19-15(24-16)18-12-6-8-13(22-3)9-7-12/h6-9,11H,4-5,10H2,1-3H3,(H,17,21)(H,18,19). The number of aromatic nitrogens is 2. The zero-order valence-electron chi connectivity index (χ0n) is 14.0. The number of carbonyl (C=O) groups is 1. The molecule has 0 aliphatic rings. The van der Waals surface area contributed by atoms with E-state index in [4.69, 9.17) is 4.74 Å². The van der Waals surface area contributed by atoms with Gasteiger partial charge in [0.05, 0.1) is 12.9 Å². The number of methoxy groups -OCH3 is 1. The molecule has 0 fully saturated rings. The maximum Gasteiger partial charge on any atom is 0.230 e. The molecule has 1 heterocycles. The van der Waals surface area contributed by atoms with Crippen LogP contribution >= 0.6 is 23.1 Å². The Labute approximate surface area is 150 Å². The van der Waals surface area contributed by atoms with Crippen molar-refractivity contribution in [3.63, 3.8) is 0 Å². The van der Waals surface area contributed by atoms with E-state index in [0.29, 0.717) is 10.9 Å². The molecule has 1 atom stereocenters. The van der Waals surface area contributed by atoms with E-state index in [1.165, 1.54) is 23.1 Å². The molecular formula is C16H22N4O2S2. The fourth-order valence-electron chi connectivity index (χ4n) is 2.07. The smallest absolute Gasteiger partial charge is 0.230 e. The van der Waals surface area contributed by atoms with E-state index in [-0.39, 0.29) is 11.9 Å². The van der Waals surface area contributed by atoms with E-state index < -0.39 is 0 Å². The average Bonchev–Trinajstić information content (AvgIpc) is 3.01. The zero-order chi connectivity index (χ0) is 17.4. The molecular weight excluding hydrogens is 344 g/mol. The first-order valence-corrected chi connectivity index (χ1v) is 9.57. The number of anilines is 2. The number of nitrogens with one attached hydrogen (secondary N) is 2. The van der Waals surface area contributed by atoms with Gasteiger partial charge in [0, 0.05) is 11.7 Å². The van der Waals surface area contributed by atoms with Crippen LogP contribution in [0, 0.1) is 0 Å². The van der Waals surface area contributed by atoms with Gasteiger partial charge in [0.25, 0.3) is 0 Å². The Morgan fingerprint density at radius 3 is 2.75 bits per heavy atom. The molecule has 0 saturated carbocycles. The monoisotopic (exact) mass is 366 g/mol. The third-order valence-corrected chi connectivity index (χ3v) is 5.18. The van der Waals surface area contributed by atoms with Crippen LogP contribution < -0.4 is 15.4 Å². The van der Waals surface area contributed by atoms with Crippen molar-refractivity contribution in [3.05, 3.63) is 24.3 Å². The average molecular weight is 367 g/mol. The summed E-state index contributed by atoms with van der Waals surface area (Å²) in [5.41, 5.74) is 0.912. The first-order valence-electron chi connectivity index (χ1n) is 7.77. The molecule has 1 amide bonds. The highest BCUT2D eigenvalue weighted by molar-refractivity contribution is 8.01. The minimum absolute atomic E-state index is 0.0285. The first-order chi connectivity index (χ1) is 11.6. The van der Waals surface area contributed by atoms with Gasteiger partial charge in [0.1, 0.15) is 5.75 Å². The van der Waals surface area contributed by atoms with Crippen molar-refractivity contribution in [1.29, 1.82) is 0 Å². The zero-order valence-corrected chi connectivity index (χ0v) is 15.7. The molecule has 1 unspecified atom stereocenters. The quantitative estimate of drug-likeness (QED) is 0.659. The summed E-state index contributed by atoms with van der Waals surface area (Å²) in [4.78, 5) is 11.9. The van der Waals surface area contributed by atoms with E-state index in [2.05, 4.69) is 27.8 Å². The van der Waals surface area contributed by atoms with Crippen molar-refractivity contribution in [2.24, 2.45) is 0 Å². The minimum Gasteiger partial charge on any atom is -0.497 e. The molecule has 1 aromatic carbocycles. The summed E-state index contributed by atoms with van der Waals surface area (Å²) in [6.45, 7) is 4.13. The van der Waals surface area contributed by atoms with Crippen LogP contribution in [-0.4, -0.2) is 35.0 Å². The van der Waals surface area contributed by atoms with Crippen molar-refractivity contribution >= 4 is 39.8 Å². The number of carbonyl (C=O) groups excluding carboxylic acids is 1. The number of amides is 1.